The fourth-order valence-electron chi connectivity index (χ4n) is 3.90. The monoisotopic (exact) mass is 259 g/mol. The van der Waals surface area contributed by atoms with E-state index in [9.17, 15) is 0 Å². The third kappa shape index (κ3) is 3.20. The summed E-state index contributed by atoms with van der Waals surface area (Å²) < 4.78 is 0. The van der Waals surface area contributed by atoms with Gasteiger partial charge in [-0.3, -0.25) is 0 Å². The van der Waals surface area contributed by atoms with Gasteiger partial charge in [0.15, 0.2) is 0 Å². The number of hydrogen-bond donors (Lipinski definition) is 1. The molecule has 1 fully saturated rings. The lowest BCUT2D eigenvalue weighted by Crippen LogP contribution is -2.49. The van der Waals surface area contributed by atoms with Crippen molar-refractivity contribution in [3.05, 3.63) is 35.9 Å². The summed E-state index contributed by atoms with van der Waals surface area (Å²) in [4.78, 5) is 0. The van der Waals surface area contributed by atoms with Crippen LogP contribution in [0.1, 0.15) is 64.4 Å². The zero-order valence-electron chi connectivity index (χ0n) is 12.6. The predicted octanol–water partition coefficient (Wildman–Crippen LogP) is 4.67. The van der Waals surface area contributed by atoms with Gasteiger partial charge < -0.3 is 5.32 Å². The highest BCUT2D eigenvalue weighted by atomic mass is 14.9. The molecule has 1 atom stereocenters. The normalized spacial score (nSPS) is 20.1. The summed E-state index contributed by atoms with van der Waals surface area (Å²) in [5.74, 6) is 0. The molecule has 2 rings (SSSR count). The Morgan fingerprint density at radius 3 is 2.32 bits per heavy atom. The van der Waals surface area contributed by atoms with Crippen LogP contribution in [0.5, 0.6) is 0 Å². The van der Waals surface area contributed by atoms with Gasteiger partial charge in [-0.15, -0.1) is 0 Å². The van der Waals surface area contributed by atoms with Gasteiger partial charge in [0, 0.05) is 11.5 Å². The van der Waals surface area contributed by atoms with Crippen molar-refractivity contribution in [2.24, 2.45) is 0 Å². The number of nitrogens with one attached hydrogen (secondary N) is 1. The van der Waals surface area contributed by atoms with Gasteiger partial charge >= 0.3 is 0 Å². The van der Waals surface area contributed by atoms with E-state index in [-0.39, 0.29) is 0 Å². The SMILES string of the molecule is CCCC(NCC)C1(c2ccccc2)CCCCC1. The molecule has 19 heavy (non-hydrogen) atoms. The Balaban J connectivity index is 2.32. The molecule has 0 aliphatic heterocycles. The summed E-state index contributed by atoms with van der Waals surface area (Å²) in [6.45, 7) is 5.63. The summed E-state index contributed by atoms with van der Waals surface area (Å²) in [7, 11) is 0. The highest BCUT2D eigenvalue weighted by Gasteiger charge is 2.40. The van der Waals surface area contributed by atoms with Crippen molar-refractivity contribution in [1.29, 1.82) is 0 Å². The van der Waals surface area contributed by atoms with Gasteiger partial charge in [-0.05, 0) is 31.4 Å². The molecular weight excluding hydrogens is 230 g/mol. The molecule has 1 nitrogen and oxygen atoms in total. The van der Waals surface area contributed by atoms with E-state index in [0.29, 0.717) is 11.5 Å². The first-order valence-electron chi connectivity index (χ1n) is 8.12. The number of likely N-dealkylation sites (N-methyl/N-ethyl adjacent to an activating group) is 1. The topological polar surface area (TPSA) is 12.0 Å². The fourth-order valence-corrected chi connectivity index (χ4v) is 3.90. The maximum atomic E-state index is 3.79. The molecule has 106 valence electrons. The molecule has 1 heteroatoms. The fraction of sp³-hybridized carbons (Fsp3) is 0.667. The predicted molar refractivity (Wildman–Crippen MR) is 83.6 cm³/mol. The van der Waals surface area contributed by atoms with E-state index in [0.717, 1.165) is 6.54 Å². The van der Waals surface area contributed by atoms with Crippen molar-refractivity contribution in [3.63, 3.8) is 0 Å². The molecule has 1 N–H and O–H groups in total. The number of benzene rings is 1. The molecule has 0 spiro atoms. The highest BCUT2D eigenvalue weighted by molar-refractivity contribution is 5.28. The van der Waals surface area contributed by atoms with Gasteiger partial charge in [0.1, 0.15) is 0 Å². The minimum absolute atomic E-state index is 0.380. The first kappa shape index (κ1) is 14.6. The van der Waals surface area contributed by atoms with Crippen LogP contribution in [0.25, 0.3) is 0 Å². The van der Waals surface area contributed by atoms with Crippen LogP contribution in [0, 0.1) is 0 Å². The van der Waals surface area contributed by atoms with Crippen molar-refractivity contribution in [2.75, 3.05) is 6.54 Å². The van der Waals surface area contributed by atoms with E-state index in [1.165, 1.54) is 44.9 Å². The molecule has 1 aromatic rings. The zero-order valence-corrected chi connectivity index (χ0v) is 12.6. The minimum atomic E-state index is 0.380. The molecule has 1 aromatic carbocycles. The molecule has 0 amide bonds. The highest BCUT2D eigenvalue weighted by Crippen LogP contribution is 2.43. The minimum Gasteiger partial charge on any atom is -0.313 e. The second-order valence-corrected chi connectivity index (χ2v) is 5.98. The molecule has 0 aromatic heterocycles. The Kier molecular flexibility index (Phi) is 5.45. The van der Waals surface area contributed by atoms with Gasteiger partial charge in [0.05, 0.1) is 0 Å². The lowest BCUT2D eigenvalue weighted by Gasteiger charge is -2.45. The summed E-state index contributed by atoms with van der Waals surface area (Å²) in [5.41, 5.74) is 1.94. The van der Waals surface area contributed by atoms with Crippen molar-refractivity contribution >= 4 is 0 Å². The molecular formula is C18H29N. The largest absolute Gasteiger partial charge is 0.313 e. The second kappa shape index (κ2) is 7.09. The Labute approximate surface area is 118 Å². The van der Waals surface area contributed by atoms with Crippen molar-refractivity contribution in [3.8, 4) is 0 Å². The summed E-state index contributed by atoms with van der Waals surface area (Å²) in [6.07, 6.45) is 9.47. The number of hydrogen-bond acceptors (Lipinski definition) is 1. The molecule has 0 heterocycles. The van der Waals surface area contributed by atoms with E-state index < -0.39 is 0 Å². The van der Waals surface area contributed by atoms with Crippen molar-refractivity contribution in [1.82, 2.24) is 5.32 Å². The van der Waals surface area contributed by atoms with Crippen molar-refractivity contribution < 1.29 is 0 Å². The average Bonchev–Trinajstić information content (AvgIpc) is 2.49. The Hall–Kier alpha value is -0.820. The first-order chi connectivity index (χ1) is 9.33. The van der Waals surface area contributed by atoms with Crippen LogP contribution in [0.15, 0.2) is 30.3 Å². The average molecular weight is 259 g/mol. The summed E-state index contributed by atoms with van der Waals surface area (Å²) >= 11 is 0. The maximum Gasteiger partial charge on any atom is 0.0164 e. The number of rotatable bonds is 6. The lowest BCUT2D eigenvalue weighted by atomic mass is 9.64. The smallest absolute Gasteiger partial charge is 0.0164 e. The van der Waals surface area contributed by atoms with E-state index in [2.05, 4.69) is 49.5 Å². The van der Waals surface area contributed by atoms with Crippen LogP contribution >= 0.6 is 0 Å². The van der Waals surface area contributed by atoms with Gasteiger partial charge in [-0.1, -0.05) is 69.9 Å². The van der Waals surface area contributed by atoms with E-state index >= 15 is 0 Å². The van der Waals surface area contributed by atoms with Crippen LogP contribution < -0.4 is 5.32 Å². The summed E-state index contributed by atoms with van der Waals surface area (Å²) in [6, 6.07) is 11.9. The summed E-state index contributed by atoms with van der Waals surface area (Å²) in [5, 5.41) is 3.79. The van der Waals surface area contributed by atoms with Crippen LogP contribution in [-0.4, -0.2) is 12.6 Å². The standard InChI is InChI=1S/C18H29N/c1-3-11-17(19-4-2)18(14-9-6-10-15-18)16-12-7-5-8-13-16/h5,7-8,12-13,17,19H,3-4,6,9-11,14-15H2,1-2H3. The Morgan fingerprint density at radius 2 is 1.74 bits per heavy atom. The quantitative estimate of drug-likeness (QED) is 0.783. The lowest BCUT2D eigenvalue weighted by molar-refractivity contribution is 0.204. The van der Waals surface area contributed by atoms with Gasteiger partial charge in [0.25, 0.3) is 0 Å². The molecule has 0 bridgehead atoms. The Bertz CT molecular complexity index is 345. The third-order valence-electron chi connectivity index (χ3n) is 4.79. The van der Waals surface area contributed by atoms with Crippen LogP contribution in [0.3, 0.4) is 0 Å². The van der Waals surface area contributed by atoms with Gasteiger partial charge in [0.2, 0.25) is 0 Å². The van der Waals surface area contributed by atoms with Crippen molar-refractivity contribution in [2.45, 2.75) is 70.3 Å². The molecule has 0 saturated heterocycles. The van der Waals surface area contributed by atoms with Crippen LogP contribution in [-0.2, 0) is 5.41 Å². The second-order valence-electron chi connectivity index (χ2n) is 5.98. The van der Waals surface area contributed by atoms with E-state index in [4.69, 9.17) is 0 Å². The first-order valence-corrected chi connectivity index (χ1v) is 8.12. The van der Waals surface area contributed by atoms with E-state index in [1.807, 2.05) is 0 Å². The van der Waals surface area contributed by atoms with Crippen LogP contribution in [0.4, 0.5) is 0 Å². The Morgan fingerprint density at radius 1 is 1.05 bits per heavy atom. The maximum absolute atomic E-state index is 3.79. The van der Waals surface area contributed by atoms with Crippen LogP contribution in [0.2, 0.25) is 0 Å². The molecule has 1 aliphatic carbocycles. The molecule has 1 saturated carbocycles. The third-order valence-corrected chi connectivity index (χ3v) is 4.79. The molecule has 1 aliphatic rings. The van der Waals surface area contributed by atoms with Gasteiger partial charge in [-0.25, -0.2) is 0 Å². The molecule has 1 unspecified atom stereocenters. The van der Waals surface area contributed by atoms with E-state index in [1.54, 1.807) is 5.56 Å². The van der Waals surface area contributed by atoms with Gasteiger partial charge in [-0.2, -0.15) is 0 Å². The zero-order chi connectivity index (χ0) is 13.6. The molecule has 0 radical (unpaired) electrons.